The van der Waals surface area contributed by atoms with E-state index in [1.54, 1.807) is 40.7 Å². The molecule has 2 unspecified atom stereocenters. The van der Waals surface area contributed by atoms with Crippen LogP contribution in [0.3, 0.4) is 0 Å². The Hall–Kier alpha value is -2.58. The minimum atomic E-state index is -3.78. The number of nitrogens with zero attached hydrogens (tertiary/aromatic N) is 3. The third-order valence-electron chi connectivity index (χ3n) is 6.13. The normalized spacial score (nSPS) is 22.1. The van der Waals surface area contributed by atoms with Crippen LogP contribution in [0.4, 0.5) is 4.39 Å². The molecule has 2 aromatic carbocycles. The molecule has 1 saturated carbocycles. The van der Waals surface area contributed by atoms with Crippen LogP contribution in [-0.4, -0.2) is 28.9 Å². The first-order valence-electron chi connectivity index (χ1n) is 10.6. The first-order valence-corrected chi connectivity index (χ1v) is 12.0. The van der Waals surface area contributed by atoms with Gasteiger partial charge in [0.05, 0.1) is 10.9 Å². The van der Waals surface area contributed by atoms with Crippen molar-refractivity contribution in [1.29, 1.82) is 0 Å². The lowest BCUT2D eigenvalue weighted by Crippen LogP contribution is -2.38. The topological polar surface area (TPSA) is 76.3 Å². The molecule has 162 valence electrons. The maximum Gasteiger partial charge on any atom is 0.243 e. The highest BCUT2D eigenvalue weighted by molar-refractivity contribution is 7.89. The van der Waals surface area contributed by atoms with Crippen molar-refractivity contribution < 1.29 is 17.3 Å². The van der Waals surface area contributed by atoms with Gasteiger partial charge in [0, 0.05) is 18.4 Å². The van der Waals surface area contributed by atoms with Gasteiger partial charge in [-0.05, 0) is 62.4 Å². The molecule has 0 radical (unpaired) electrons. The Labute approximate surface area is 181 Å². The molecule has 2 fully saturated rings. The number of aryl methyl sites for hydroxylation is 1. The lowest BCUT2D eigenvalue weighted by Gasteiger charge is -2.29. The second kappa shape index (κ2) is 7.84. The van der Waals surface area contributed by atoms with Gasteiger partial charge < -0.3 is 4.52 Å². The van der Waals surface area contributed by atoms with E-state index in [9.17, 15) is 12.8 Å². The zero-order valence-corrected chi connectivity index (χ0v) is 18.1. The third-order valence-corrected chi connectivity index (χ3v) is 8.10. The van der Waals surface area contributed by atoms with Crippen molar-refractivity contribution in [1.82, 2.24) is 14.4 Å². The average molecular weight is 442 g/mol. The first kappa shape index (κ1) is 20.3. The zero-order chi connectivity index (χ0) is 21.6. The Kier molecular flexibility index (Phi) is 5.14. The molecule has 1 saturated heterocycles. The van der Waals surface area contributed by atoms with E-state index in [0.29, 0.717) is 31.1 Å². The van der Waals surface area contributed by atoms with Gasteiger partial charge in [0.2, 0.25) is 15.9 Å². The van der Waals surface area contributed by atoms with Crippen LogP contribution < -0.4 is 0 Å². The minimum Gasteiger partial charge on any atom is -0.339 e. The maximum absolute atomic E-state index is 13.7. The molecule has 1 aromatic heterocycles. The van der Waals surface area contributed by atoms with E-state index in [1.165, 1.54) is 12.1 Å². The quantitative estimate of drug-likeness (QED) is 0.562. The van der Waals surface area contributed by atoms with Gasteiger partial charge in [-0.3, -0.25) is 0 Å². The summed E-state index contributed by atoms with van der Waals surface area (Å²) >= 11 is 0. The van der Waals surface area contributed by atoms with Crippen molar-refractivity contribution in [3.05, 3.63) is 77.2 Å². The summed E-state index contributed by atoms with van der Waals surface area (Å²) in [5.74, 6) is 1.22. The van der Waals surface area contributed by atoms with Gasteiger partial charge in [-0.2, -0.15) is 9.29 Å². The Morgan fingerprint density at radius 1 is 1.03 bits per heavy atom. The Bertz CT molecular complexity index is 1170. The van der Waals surface area contributed by atoms with Crippen molar-refractivity contribution in [2.75, 3.05) is 0 Å². The van der Waals surface area contributed by atoms with Crippen molar-refractivity contribution in [2.45, 2.75) is 61.9 Å². The molecule has 5 rings (SSSR count). The van der Waals surface area contributed by atoms with Crippen LogP contribution in [0.1, 0.15) is 60.5 Å². The number of hydrogen-bond acceptors (Lipinski definition) is 5. The van der Waals surface area contributed by atoms with E-state index in [2.05, 4.69) is 10.1 Å². The largest absolute Gasteiger partial charge is 0.339 e. The predicted molar refractivity (Wildman–Crippen MR) is 112 cm³/mol. The summed E-state index contributed by atoms with van der Waals surface area (Å²) in [5.41, 5.74) is 1.77. The fraction of sp³-hybridized carbons (Fsp3) is 0.391. The molecular weight excluding hydrogens is 417 g/mol. The Morgan fingerprint density at radius 2 is 1.74 bits per heavy atom. The molecule has 2 atom stereocenters. The van der Waals surface area contributed by atoms with Crippen LogP contribution in [-0.2, 0) is 16.4 Å². The molecule has 3 aromatic rings. The molecule has 2 heterocycles. The molecule has 0 spiro atoms. The molecule has 1 aliphatic carbocycles. The molecule has 0 N–H and O–H groups in total. The van der Waals surface area contributed by atoms with E-state index in [4.69, 9.17) is 4.52 Å². The summed E-state index contributed by atoms with van der Waals surface area (Å²) in [5, 5.41) is 4.07. The summed E-state index contributed by atoms with van der Waals surface area (Å²) in [6, 6.07) is 12.3. The van der Waals surface area contributed by atoms with Gasteiger partial charge in [0.1, 0.15) is 5.82 Å². The number of benzene rings is 2. The Balaban J connectivity index is 1.50. The van der Waals surface area contributed by atoms with Gasteiger partial charge in [0.15, 0.2) is 5.82 Å². The summed E-state index contributed by atoms with van der Waals surface area (Å²) in [4.78, 5) is 4.75. The highest BCUT2D eigenvalue weighted by Gasteiger charge is 2.43. The maximum atomic E-state index is 13.7. The van der Waals surface area contributed by atoms with E-state index in [-0.39, 0.29) is 22.8 Å². The summed E-state index contributed by atoms with van der Waals surface area (Å²) < 4.78 is 47.9. The van der Waals surface area contributed by atoms with Crippen LogP contribution in [0.15, 0.2) is 57.9 Å². The fourth-order valence-electron chi connectivity index (χ4n) is 4.31. The fourth-order valence-corrected chi connectivity index (χ4v) is 6.16. The average Bonchev–Trinajstić information content (AvgIpc) is 3.35. The highest BCUT2D eigenvalue weighted by atomic mass is 32.2. The van der Waals surface area contributed by atoms with E-state index in [1.807, 2.05) is 6.92 Å². The van der Waals surface area contributed by atoms with Crippen LogP contribution in [0.25, 0.3) is 0 Å². The molecule has 0 bridgehead atoms. The lowest BCUT2D eigenvalue weighted by molar-refractivity contribution is 0.293. The molecular formula is C23H24FN3O3S. The predicted octanol–water partition coefficient (Wildman–Crippen LogP) is 4.53. The smallest absolute Gasteiger partial charge is 0.243 e. The molecule has 6 nitrogen and oxygen atoms in total. The van der Waals surface area contributed by atoms with Crippen LogP contribution >= 0.6 is 0 Å². The molecule has 8 heteroatoms. The van der Waals surface area contributed by atoms with Crippen LogP contribution in [0, 0.1) is 12.7 Å². The van der Waals surface area contributed by atoms with E-state index < -0.39 is 10.0 Å². The van der Waals surface area contributed by atoms with Crippen molar-refractivity contribution in [3.8, 4) is 0 Å². The van der Waals surface area contributed by atoms with E-state index in [0.717, 1.165) is 29.8 Å². The van der Waals surface area contributed by atoms with Crippen molar-refractivity contribution >= 4 is 10.0 Å². The summed E-state index contributed by atoms with van der Waals surface area (Å²) in [6.07, 6.45) is 3.81. The summed E-state index contributed by atoms with van der Waals surface area (Å²) in [7, 11) is -3.78. The number of rotatable bonds is 6. The van der Waals surface area contributed by atoms with E-state index >= 15 is 0 Å². The molecule has 0 amide bonds. The van der Waals surface area contributed by atoms with Crippen molar-refractivity contribution in [2.24, 2.45) is 0 Å². The van der Waals surface area contributed by atoms with Gasteiger partial charge in [-0.25, -0.2) is 12.8 Å². The second-order valence-electron chi connectivity index (χ2n) is 8.47. The number of halogens is 1. The zero-order valence-electron chi connectivity index (χ0n) is 17.2. The van der Waals surface area contributed by atoms with Crippen LogP contribution in [0.2, 0.25) is 0 Å². The number of aromatic nitrogens is 2. The third kappa shape index (κ3) is 4.02. The summed E-state index contributed by atoms with van der Waals surface area (Å²) in [6.45, 7) is 1.92. The number of hydrogen-bond donors (Lipinski definition) is 0. The molecule has 2 aliphatic rings. The Morgan fingerprint density at radius 3 is 2.42 bits per heavy atom. The standard InChI is InChI=1S/C23H24FN3O3S/c1-15-2-11-20(12-3-15)31(28,29)27-19(14-22-25-23(26-30-22)17-4-5-17)10-13-21(27)16-6-8-18(24)9-7-16/h2-3,6-9,11-12,17,19,21H,4-5,10,13-14H2,1H3. The SMILES string of the molecule is Cc1ccc(S(=O)(=O)N2C(Cc3nc(C4CC4)no3)CCC2c2ccc(F)cc2)cc1. The highest BCUT2D eigenvalue weighted by Crippen LogP contribution is 2.42. The second-order valence-corrected chi connectivity index (χ2v) is 10.3. The van der Waals surface area contributed by atoms with Crippen molar-refractivity contribution in [3.63, 3.8) is 0 Å². The molecule has 31 heavy (non-hydrogen) atoms. The van der Waals surface area contributed by atoms with Gasteiger partial charge in [-0.15, -0.1) is 0 Å². The molecule has 1 aliphatic heterocycles. The van der Waals surface area contributed by atoms with Gasteiger partial charge >= 0.3 is 0 Å². The first-order chi connectivity index (χ1) is 14.9. The van der Waals surface area contributed by atoms with Gasteiger partial charge in [-0.1, -0.05) is 35.0 Å². The number of sulfonamides is 1. The minimum absolute atomic E-state index is 0.251. The monoisotopic (exact) mass is 441 g/mol. The lowest BCUT2D eigenvalue weighted by atomic mass is 10.1. The van der Waals surface area contributed by atoms with Gasteiger partial charge in [0.25, 0.3) is 0 Å². The van der Waals surface area contributed by atoms with Crippen LogP contribution in [0.5, 0.6) is 0 Å².